The van der Waals surface area contributed by atoms with E-state index in [1.54, 1.807) is 58.5 Å². The third-order valence-corrected chi connectivity index (χ3v) is 14.3. The fourth-order valence-corrected chi connectivity index (χ4v) is 11.0. The number of halogens is 6. The van der Waals surface area contributed by atoms with Crippen molar-refractivity contribution in [3.05, 3.63) is 120 Å². The number of nitrogens with zero attached hydrogens (tertiary/aromatic N) is 5. The van der Waals surface area contributed by atoms with Crippen LogP contribution in [0.5, 0.6) is 0 Å². The fourth-order valence-electron chi connectivity index (χ4n) is 7.15. The highest BCUT2D eigenvalue weighted by atomic mass is 35.5. The van der Waals surface area contributed by atoms with Crippen molar-refractivity contribution in [2.75, 3.05) is 20.1 Å². The van der Waals surface area contributed by atoms with Crippen LogP contribution in [-0.2, 0) is 23.0 Å². The predicted molar refractivity (Wildman–Crippen MR) is 223 cm³/mol. The topological polar surface area (TPSA) is 93.3 Å². The fraction of sp³-hybridized carbons (Fsp3) is 0.231. The molecular weight excluding hydrogens is 862 g/mol. The molecule has 8 rings (SSSR count). The minimum absolute atomic E-state index is 0.146. The number of allylic oxidation sites excluding steroid dienone is 2. The lowest BCUT2D eigenvalue weighted by Gasteiger charge is -2.15. The van der Waals surface area contributed by atoms with E-state index in [0.29, 0.717) is 99.0 Å². The largest absolute Gasteiger partial charge is 0.306 e. The summed E-state index contributed by atoms with van der Waals surface area (Å²) in [6.45, 7) is 1.41. The zero-order valence-electron chi connectivity index (χ0n) is 29.5. The lowest BCUT2D eigenvalue weighted by atomic mass is 10.1. The second-order valence-corrected chi connectivity index (χ2v) is 18.9. The molecule has 1 N–H and O–H groups in total. The maximum Gasteiger partial charge on any atom is 0.304 e. The monoisotopic (exact) mass is 891 g/mol. The number of aromatic nitrogens is 4. The van der Waals surface area contributed by atoms with Gasteiger partial charge in [0.1, 0.15) is 27.3 Å². The van der Waals surface area contributed by atoms with Crippen molar-refractivity contribution in [1.29, 1.82) is 0 Å². The molecule has 2 aliphatic carbocycles. The molecule has 0 aliphatic heterocycles. The van der Waals surface area contributed by atoms with Gasteiger partial charge in [0.15, 0.2) is 0 Å². The molecule has 0 atom stereocenters. The molecular formula is C39H31Cl4F2N5O3S3. The highest BCUT2D eigenvalue weighted by Crippen LogP contribution is 2.48. The Hall–Kier alpha value is -3.37. The van der Waals surface area contributed by atoms with E-state index in [2.05, 4.69) is 16.1 Å². The van der Waals surface area contributed by atoms with Crippen molar-refractivity contribution in [2.24, 2.45) is 0 Å². The lowest BCUT2D eigenvalue weighted by molar-refractivity contribution is 0.326. The van der Waals surface area contributed by atoms with Gasteiger partial charge in [-0.3, -0.25) is 4.55 Å². The maximum atomic E-state index is 15.9. The first-order valence-electron chi connectivity index (χ1n) is 17.5. The quantitative estimate of drug-likeness (QED) is 0.0915. The Morgan fingerprint density at radius 2 is 1.32 bits per heavy atom. The summed E-state index contributed by atoms with van der Waals surface area (Å²) in [5.74, 6) is -0.870. The summed E-state index contributed by atoms with van der Waals surface area (Å²) >= 11 is 27.8. The summed E-state index contributed by atoms with van der Waals surface area (Å²) in [4.78, 5) is 3.76. The number of benzene rings is 2. The van der Waals surface area contributed by atoms with Gasteiger partial charge in [0.2, 0.25) is 0 Å². The molecule has 0 saturated carbocycles. The van der Waals surface area contributed by atoms with E-state index < -0.39 is 15.9 Å². The van der Waals surface area contributed by atoms with Crippen LogP contribution in [0.15, 0.2) is 70.3 Å². The van der Waals surface area contributed by atoms with E-state index in [1.807, 2.05) is 12.4 Å². The smallest absolute Gasteiger partial charge is 0.304 e. The Morgan fingerprint density at radius 3 is 1.84 bits per heavy atom. The molecule has 0 amide bonds. The molecule has 4 heterocycles. The summed E-state index contributed by atoms with van der Waals surface area (Å²) < 4.78 is 68.1. The molecule has 0 saturated heterocycles. The SMILES string of the molecule is CN(CCC/C=C(\F)c1nn(-c2ccc(Cl)cc2Cl)c2c1Cc1ccsc1-2)CCC/C=C(\F)c1nn(-c2ccc(Cl)cc2Cl)c2c1Cc1cc(S(=O)(=O)O)sc1-2. The number of hydrogen-bond acceptors (Lipinski definition) is 7. The van der Waals surface area contributed by atoms with Gasteiger partial charge in [-0.15, -0.1) is 22.7 Å². The predicted octanol–water partition coefficient (Wildman–Crippen LogP) is 12.0. The Morgan fingerprint density at radius 1 is 0.804 bits per heavy atom. The van der Waals surface area contributed by atoms with Crippen LogP contribution in [0.1, 0.15) is 59.3 Å². The van der Waals surface area contributed by atoms with E-state index in [9.17, 15) is 13.0 Å². The summed E-state index contributed by atoms with van der Waals surface area (Å²) in [5.41, 5.74) is 6.18. The molecule has 0 radical (unpaired) electrons. The lowest BCUT2D eigenvalue weighted by Crippen LogP contribution is -2.20. The van der Waals surface area contributed by atoms with Crippen LogP contribution in [0.25, 0.3) is 44.2 Å². The van der Waals surface area contributed by atoms with Crippen molar-refractivity contribution in [3.8, 4) is 32.5 Å². The van der Waals surface area contributed by atoms with Gasteiger partial charge in [-0.05, 0) is 123 Å². The van der Waals surface area contributed by atoms with E-state index in [-0.39, 0.29) is 27.2 Å². The van der Waals surface area contributed by atoms with Crippen LogP contribution in [-0.4, -0.2) is 57.6 Å². The Kier molecular flexibility index (Phi) is 11.1. The van der Waals surface area contributed by atoms with Crippen molar-refractivity contribution >= 4 is 90.8 Å². The average Bonchev–Trinajstić information content (AvgIpc) is 3.97. The molecule has 0 fully saturated rings. The van der Waals surface area contributed by atoms with Gasteiger partial charge in [-0.1, -0.05) is 46.4 Å². The van der Waals surface area contributed by atoms with Gasteiger partial charge in [0.05, 0.1) is 42.6 Å². The molecule has 0 bridgehead atoms. The third-order valence-electron chi connectivity index (χ3n) is 9.78. The molecule has 0 unspecified atom stereocenters. The molecule has 56 heavy (non-hydrogen) atoms. The van der Waals surface area contributed by atoms with E-state index in [4.69, 9.17) is 51.5 Å². The Balaban J connectivity index is 0.905. The summed E-state index contributed by atoms with van der Waals surface area (Å²) in [6.07, 6.45) is 6.28. The first kappa shape index (κ1) is 39.5. The number of hydrogen-bond donors (Lipinski definition) is 1. The van der Waals surface area contributed by atoms with Gasteiger partial charge in [0.25, 0.3) is 0 Å². The standard InChI is InChI=1S/C39H31Cl4F2N5O3S3/c1-48(13-4-2-6-29(44)34-25-16-21-12-15-54-38(21)36(25)49(46-34)31-10-8-23(40)19-27(31)42)14-5-3-7-30(45)35-26-17-22-18-33(56(51,52)53)55-39(22)37(26)50(47-35)32-11-9-24(41)20-28(32)43/h6-12,15,18-20H,2-5,13-14,16-17H2,1H3,(H,51,52,53)/b29-6-,30-7-. The van der Waals surface area contributed by atoms with Gasteiger partial charge < -0.3 is 4.90 Å². The number of unbranched alkanes of at least 4 members (excludes halogenated alkanes) is 2. The highest BCUT2D eigenvalue weighted by molar-refractivity contribution is 7.88. The van der Waals surface area contributed by atoms with Crippen LogP contribution in [0.4, 0.5) is 8.78 Å². The summed E-state index contributed by atoms with van der Waals surface area (Å²) in [6, 6.07) is 13.5. The van der Waals surface area contributed by atoms with Gasteiger partial charge in [-0.25, -0.2) is 18.1 Å². The molecule has 2 aromatic carbocycles. The Bertz CT molecular complexity index is 2700. The molecule has 17 heteroatoms. The number of thiophene rings is 2. The third kappa shape index (κ3) is 7.54. The highest BCUT2D eigenvalue weighted by Gasteiger charge is 2.34. The van der Waals surface area contributed by atoms with E-state index >= 15 is 8.78 Å². The molecule has 290 valence electrons. The van der Waals surface area contributed by atoms with Crippen molar-refractivity contribution < 1.29 is 21.8 Å². The van der Waals surface area contributed by atoms with Gasteiger partial charge in [0, 0.05) is 34.0 Å². The van der Waals surface area contributed by atoms with Crippen LogP contribution in [0.3, 0.4) is 0 Å². The van der Waals surface area contributed by atoms with Crippen molar-refractivity contribution in [3.63, 3.8) is 0 Å². The number of rotatable bonds is 13. The zero-order chi connectivity index (χ0) is 39.5. The number of fused-ring (bicyclic) bond motifs is 6. The first-order chi connectivity index (χ1) is 26.8. The van der Waals surface area contributed by atoms with Gasteiger partial charge in [-0.2, -0.15) is 18.6 Å². The van der Waals surface area contributed by atoms with E-state index in [1.165, 1.54) is 16.8 Å². The Labute approximate surface area is 349 Å². The van der Waals surface area contributed by atoms with Crippen molar-refractivity contribution in [1.82, 2.24) is 24.5 Å². The van der Waals surface area contributed by atoms with E-state index in [0.717, 1.165) is 33.0 Å². The van der Waals surface area contributed by atoms with Crippen LogP contribution < -0.4 is 0 Å². The summed E-state index contributed by atoms with van der Waals surface area (Å²) in [7, 11) is -2.44. The molecule has 4 aromatic heterocycles. The van der Waals surface area contributed by atoms with Crippen LogP contribution in [0.2, 0.25) is 20.1 Å². The van der Waals surface area contributed by atoms with Crippen LogP contribution in [0, 0.1) is 0 Å². The normalized spacial score (nSPS) is 13.8. The molecule has 0 spiro atoms. The summed E-state index contributed by atoms with van der Waals surface area (Å²) in [5, 5.41) is 12.9. The molecule has 6 aromatic rings. The maximum absolute atomic E-state index is 15.9. The second-order valence-electron chi connectivity index (χ2n) is 13.6. The van der Waals surface area contributed by atoms with Crippen molar-refractivity contribution in [2.45, 2.75) is 42.7 Å². The minimum atomic E-state index is -4.42. The molecule has 8 nitrogen and oxygen atoms in total. The van der Waals surface area contributed by atoms with Gasteiger partial charge >= 0.3 is 10.1 Å². The minimum Gasteiger partial charge on any atom is -0.306 e. The average molecular weight is 894 g/mol. The zero-order valence-corrected chi connectivity index (χ0v) is 35.0. The second kappa shape index (κ2) is 15.8. The van der Waals surface area contributed by atoms with Crippen LogP contribution >= 0.6 is 69.1 Å². The first-order valence-corrected chi connectivity index (χ1v) is 22.2. The molecule has 2 aliphatic rings.